The molecule has 0 amide bonds. The number of ether oxygens (including phenoxy) is 2. The van der Waals surface area contributed by atoms with Crippen molar-refractivity contribution in [2.24, 2.45) is 0 Å². The lowest BCUT2D eigenvalue weighted by Crippen LogP contribution is -2.44. The van der Waals surface area contributed by atoms with E-state index in [0.29, 0.717) is 6.61 Å². The SMILES string of the molecule is Fc1ccccc1C1CCCN(CC2COc3ccccc3O2)C1. The third-order valence-corrected chi connectivity index (χ3v) is 4.88. The van der Waals surface area contributed by atoms with Gasteiger partial charge in [-0.25, -0.2) is 4.39 Å². The van der Waals surface area contributed by atoms with Crippen LogP contribution < -0.4 is 9.47 Å². The first-order valence-corrected chi connectivity index (χ1v) is 8.65. The summed E-state index contributed by atoms with van der Waals surface area (Å²) in [5.41, 5.74) is 0.841. The van der Waals surface area contributed by atoms with Gasteiger partial charge in [0.05, 0.1) is 0 Å². The first kappa shape index (κ1) is 15.5. The van der Waals surface area contributed by atoms with Crippen molar-refractivity contribution in [2.75, 3.05) is 26.2 Å². The van der Waals surface area contributed by atoms with Gasteiger partial charge in [-0.1, -0.05) is 30.3 Å². The van der Waals surface area contributed by atoms with Crippen molar-refractivity contribution in [1.82, 2.24) is 4.90 Å². The van der Waals surface area contributed by atoms with Gasteiger partial charge in [0.2, 0.25) is 0 Å². The van der Waals surface area contributed by atoms with Gasteiger partial charge in [0.25, 0.3) is 0 Å². The second-order valence-electron chi connectivity index (χ2n) is 6.62. The molecule has 24 heavy (non-hydrogen) atoms. The molecule has 2 aromatic rings. The van der Waals surface area contributed by atoms with Crippen LogP contribution >= 0.6 is 0 Å². The average Bonchev–Trinajstić information content (AvgIpc) is 2.62. The molecule has 0 saturated carbocycles. The van der Waals surface area contributed by atoms with E-state index in [2.05, 4.69) is 4.90 Å². The monoisotopic (exact) mass is 327 g/mol. The maximum Gasteiger partial charge on any atom is 0.161 e. The molecule has 4 heteroatoms. The van der Waals surface area contributed by atoms with Crippen molar-refractivity contribution in [1.29, 1.82) is 0 Å². The zero-order chi connectivity index (χ0) is 16.4. The van der Waals surface area contributed by atoms with E-state index in [-0.39, 0.29) is 17.8 Å². The Kier molecular flexibility index (Phi) is 4.39. The number of likely N-dealkylation sites (tertiary alicyclic amines) is 1. The van der Waals surface area contributed by atoms with Crippen LogP contribution in [0.25, 0.3) is 0 Å². The molecule has 126 valence electrons. The Labute approximate surface area is 142 Å². The smallest absolute Gasteiger partial charge is 0.161 e. The molecule has 0 N–H and O–H groups in total. The van der Waals surface area contributed by atoms with Gasteiger partial charge in [0.1, 0.15) is 18.5 Å². The fourth-order valence-corrected chi connectivity index (χ4v) is 3.72. The van der Waals surface area contributed by atoms with Crippen molar-refractivity contribution < 1.29 is 13.9 Å². The molecule has 1 fully saturated rings. The third-order valence-electron chi connectivity index (χ3n) is 4.88. The molecule has 2 unspecified atom stereocenters. The van der Waals surface area contributed by atoms with E-state index in [9.17, 15) is 4.39 Å². The minimum absolute atomic E-state index is 0.0271. The highest BCUT2D eigenvalue weighted by Gasteiger charge is 2.28. The molecule has 0 bridgehead atoms. The molecular weight excluding hydrogens is 305 g/mol. The summed E-state index contributed by atoms with van der Waals surface area (Å²) in [6, 6.07) is 14.9. The quantitative estimate of drug-likeness (QED) is 0.855. The summed E-state index contributed by atoms with van der Waals surface area (Å²) >= 11 is 0. The number of rotatable bonds is 3. The molecule has 2 aliphatic heterocycles. The highest BCUT2D eigenvalue weighted by atomic mass is 19.1. The Balaban J connectivity index is 1.40. The Morgan fingerprint density at radius 2 is 1.83 bits per heavy atom. The molecule has 2 atom stereocenters. The van der Waals surface area contributed by atoms with E-state index in [1.54, 1.807) is 12.1 Å². The maximum absolute atomic E-state index is 14.1. The molecule has 0 aliphatic carbocycles. The lowest BCUT2D eigenvalue weighted by molar-refractivity contribution is 0.0503. The van der Waals surface area contributed by atoms with Crippen LogP contribution in [0.4, 0.5) is 4.39 Å². The molecule has 2 aliphatic rings. The lowest BCUT2D eigenvalue weighted by atomic mass is 9.90. The molecule has 2 heterocycles. The number of fused-ring (bicyclic) bond motifs is 1. The van der Waals surface area contributed by atoms with Crippen LogP contribution in [0.15, 0.2) is 48.5 Å². The number of halogens is 1. The summed E-state index contributed by atoms with van der Waals surface area (Å²) in [5, 5.41) is 0. The van der Waals surface area contributed by atoms with E-state index in [1.807, 2.05) is 36.4 Å². The van der Waals surface area contributed by atoms with Crippen molar-refractivity contribution in [3.8, 4) is 11.5 Å². The third kappa shape index (κ3) is 3.24. The van der Waals surface area contributed by atoms with E-state index in [4.69, 9.17) is 9.47 Å². The molecule has 0 spiro atoms. The van der Waals surface area contributed by atoms with Crippen LogP contribution in [-0.2, 0) is 0 Å². The number of benzene rings is 2. The number of hydrogen-bond donors (Lipinski definition) is 0. The lowest BCUT2D eigenvalue weighted by Gasteiger charge is -2.36. The van der Waals surface area contributed by atoms with Crippen molar-refractivity contribution in [3.05, 3.63) is 59.9 Å². The minimum Gasteiger partial charge on any atom is -0.486 e. The number of piperidine rings is 1. The Morgan fingerprint density at radius 3 is 2.71 bits per heavy atom. The second kappa shape index (κ2) is 6.81. The predicted molar refractivity (Wildman–Crippen MR) is 91.2 cm³/mol. The molecule has 1 saturated heterocycles. The molecule has 4 rings (SSSR count). The van der Waals surface area contributed by atoms with Crippen LogP contribution in [0.1, 0.15) is 24.3 Å². The number of hydrogen-bond acceptors (Lipinski definition) is 3. The van der Waals surface area contributed by atoms with E-state index < -0.39 is 0 Å². The standard InChI is InChI=1S/C20H22FNO2/c21-18-8-2-1-7-17(18)15-6-5-11-22(12-15)13-16-14-23-19-9-3-4-10-20(19)24-16/h1-4,7-10,15-16H,5-6,11-14H2. The van der Waals surface area contributed by atoms with Crippen molar-refractivity contribution in [3.63, 3.8) is 0 Å². The molecule has 2 aromatic carbocycles. The highest BCUT2D eigenvalue weighted by Crippen LogP contribution is 2.32. The summed E-state index contributed by atoms with van der Waals surface area (Å²) in [4.78, 5) is 2.38. The topological polar surface area (TPSA) is 21.7 Å². The Morgan fingerprint density at radius 1 is 1.04 bits per heavy atom. The predicted octanol–water partition coefficient (Wildman–Crippen LogP) is 3.85. The molecule has 0 aromatic heterocycles. The Bertz CT molecular complexity index is 706. The van der Waals surface area contributed by atoms with E-state index in [0.717, 1.165) is 49.5 Å². The summed E-state index contributed by atoms with van der Waals surface area (Å²) in [5.74, 6) is 1.81. The van der Waals surface area contributed by atoms with Crippen LogP contribution in [0.3, 0.4) is 0 Å². The summed E-state index contributed by atoms with van der Waals surface area (Å²) in [6.45, 7) is 3.30. The van der Waals surface area contributed by atoms with Gasteiger partial charge in [-0.3, -0.25) is 4.90 Å². The van der Waals surface area contributed by atoms with Crippen LogP contribution in [0.5, 0.6) is 11.5 Å². The zero-order valence-electron chi connectivity index (χ0n) is 13.7. The average molecular weight is 327 g/mol. The maximum atomic E-state index is 14.1. The highest BCUT2D eigenvalue weighted by molar-refractivity contribution is 5.40. The number of nitrogens with zero attached hydrogens (tertiary/aromatic N) is 1. The van der Waals surface area contributed by atoms with Crippen molar-refractivity contribution in [2.45, 2.75) is 24.9 Å². The van der Waals surface area contributed by atoms with Gasteiger partial charge in [-0.2, -0.15) is 0 Å². The fourth-order valence-electron chi connectivity index (χ4n) is 3.72. The largest absolute Gasteiger partial charge is 0.486 e. The number of para-hydroxylation sites is 2. The van der Waals surface area contributed by atoms with Gasteiger partial charge in [0.15, 0.2) is 11.5 Å². The van der Waals surface area contributed by atoms with E-state index >= 15 is 0 Å². The van der Waals surface area contributed by atoms with Crippen LogP contribution in [0, 0.1) is 5.82 Å². The first-order valence-electron chi connectivity index (χ1n) is 8.65. The molecular formula is C20H22FNO2. The second-order valence-corrected chi connectivity index (χ2v) is 6.62. The Hall–Kier alpha value is -2.07. The van der Waals surface area contributed by atoms with Crippen molar-refractivity contribution >= 4 is 0 Å². The zero-order valence-corrected chi connectivity index (χ0v) is 13.7. The fraction of sp³-hybridized carbons (Fsp3) is 0.400. The van der Waals surface area contributed by atoms with Gasteiger partial charge in [0, 0.05) is 13.1 Å². The summed E-state index contributed by atoms with van der Waals surface area (Å²) in [7, 11) is 0. The van der Waals surface area contributed by atoms with Crippen LogP contribution in [0.2, 0.25) is 0 Å². The minimum atomic E-state index is -0.0875. The van der Waals surface area contributed by atoms with Crippen LogP contribution in [-0.4, -0.2) is 37.2 Å². The van der Waals surface area contributed by atoms with Gasteiger partial charge >= 0.3 is 0 Å². The van der Waals surface area contributed by atoms with E-state index in [1.165, 1.54) is 0 Å². The first-order chi connectivity index (χ1) is 11.8. The van der Waals surface area contributed by atoms with Gasteiger partial charge in [-0.05, 0) is 49.1 Å². The molecule has 3 nitrogen and oxygen atoms in total. The summed E-state index contributed by atoms with van der Waals surface area (Å²) < 4.78 is 25.9. The van der Waals surface area contributed by atoms with Gasteiger partial charge < -0.3 is 9.47 Å². The normalized spacial score (nSPS) is 23.9. The summed E-state index contributed by atoms with van der Waals surface area (Å²) in [6.07, 6.45) is 2.16. The van der Waals surface area contributed by atoms with Gasteiger partial charge in [-0.15, -0.1) is 0 Å². The molecule has 0 radical (unpaired) electrons.